The summed E-state index contributed by atoms with van der Waals surface area (Å²) in [6.45, 7) is 3.70. The van der Waals surface area contributed by atoms with Crippen molar-refractivity contribution in [3.63, 3.8) is 0 Å². The van der Waals surface area contributed by atoms with Crippen LogP contribution in [0.1, 0.15) is 35.4 Å². The number of hydrogen-bond donors (Lipinski definition) is 1. The first-order valence-electron chi connectivity index (χ1n) is 15.7. The molecule has 2 aliphatic heterocycles. The Morgan fingerprint density at radius 3 is 1.91 bits per heavy atom. The van der Waals surface area contributed by atoms with Crippen LogP contribution < -0.4 is 9.80 Å². The summed E-state index contributed by atoms with van der Waals surface area (Å²) in [7, 11) is 0. The van der Waals surface area contributed by atoms with Crippen LogP contribution in [0.3, 0.4) is 0 Å². The Morgan fingerprint density at radius 1 is 0.681 bits per heavy atom. The number of rotatable bonds is 3. The summed E-state index contributed by atoms with van der Waals surface area (Å²) >= 11 is 12.8. The molecule has 4 aliphatic rings. The molecule has 236 valence electrons. The minimum atomic E-state index is -0.812. The molecular formula is C38H30Cl2N2O5. The van der Waals surface area contributed by atoms with Crippen LogP contribution in [0.5, 0.6) is 5.75 Å². The van der Waals surface area contributed by atoms with Gasteiger partial charge < -0.3 is 5.11 Å². The van der Waals surface area contributed by atoms with E-state index in [9.17, 15) is 24.3 Å². The zero-order valence-electron chi connectivity index (χ0n) is 25.6. The number of amides is 4. The highest BCUT2D eigenvalue weighted by molar-refractivity contribution is 6.33. The van der Waals surface area contributed by atoms with Gasteiger partial charge in [0.05, 0.1) is 35.0 Å². The van der Waals surface area contributed by atoms with Gasteiger partial charge in [-0.2, -0.15) is 0 Å². The number of carbonyl (C=O) groups excluding carboxylic acids is 4. The number of phenolic OH excluding ortho intramolecular Hbond substituents is 1. The van der Waals surface area contributed by atoms with Gasteiger partial charge in [0.1, 0.15) is 5.75 Å². The SMILES string of the molecule is Cc1ccc(N2C(=O)[C@H]3[C@H](CC=C4[C@H]3C[C@H]3C(=O)N(c5ccc(C)c(Cl)c5)C(=O)[C@H]3[C@H]4c3ccc4ccccc4c3O)C2=O)cc1Cl. The van der Waals surface area contributed by atoms with Crippen molar-refractivity contribution in [1.82, 2.24) is 0 Å². The van der Waals surface area contributed by atoms with E-state index in [0.717, 1.165) is 22.1 Å². The van der Waals surface area contributed by atoms with Crippen molar-refractivity contribution in [2.45, 2.75) is 32.6 Å². The monoisotopic (exact) mass is 664 g/mol. The Labute approximate surface area is 281 Å². The number of fused-ring (bicyclic) bond motifs is 5. The molecule has 2 saturated heterocycles. The van der Waals surface area contributed by atoms with Crippen LogP contribution in [-0.4, -0.2) is 28.7 Å². The predicted molar refractivity (Wildman–Crippen MR) is 180 cm³/mol. The molecule has 4 aromatic rings. The van der Waals surface area contributed by atoms with E-state index in [1.807, 2.05) is 56.3 Å². The maximum atomic E-state index is 14.4. The van der Waals surface area contributed by atoms with Gasteiger partial charge in [-0.1, -0.05) is 83.4 Å². The van der Waals surface area contributed by atoms with E-state index in [2.05, 4.69) is 0 Å². The molecule has 3 fully saturated rings. The van der Waals surface area contributed by atoms with Crippen LogP contribution >= 0.6 is 23.2 Å². The van der Waals surface area contributed by atoms with Crippen molar-refractivity contribution in [2.24, 2.45) is 29.6 Å². The van der Waals surface area contributed by atoms with Crippen LogP contribution in [0.4, 0.5) is 11.4 Å². The number of hydrogen-bond acceptors (Lipinski definition) is 5. The first kappa shape index (κ1) is 29.9. The molecular weight excluding hydrogens is 635 g/mol. The number of imide groups is 2. The van der Waals surface area contributed by atoms with Crippen molar-refractivity contribution < 1.29 is 24.3 Å². The van der Waals surface area contributed by atoms with E-state index in [1.54, 1.807) is 36.4 Å². The van der Waals surface area contributed by atoms with Gasteiger partial charge in [-0.15, -0.1) is 0 Å². The molecule has 1 saturated carbocycles. The van der Waals surface area contributed by atoms with Crippen molar-refractivity contribution in [2.75, 3.05) is 9.80 Å². The fraction of sp³-hybridized carbons (Fsp3) is 0.263. The highest BCUT2D eigenvalue weighted by Crippen LogP contribution is 2.59. The van der Waals surface area contributed by atoms with Gasteiger partial charge in [0.25, 0.3) is 0 Å². The second kappa shape index (κ2) is 10.8. The number of carbonyl (C=O) groups is 4. The van der Waals surface area contributed by atoms with Gasteiger partial charge in [0.15, 0.2) is 0 Å². The molecule has 8 rings (SSSR count). The summed E-state index contributed by atoms with van der Waals surface area (Å²) < 4.78 is 0. The molecule has 4 amide bonds. The third kappa shape index (κ3) is 4.32. The van der Waals surface area contributed by atoms with Gasteiger partial charge in [0.2, 0.25) is 23.6 Å². The lowest BCUT2D eigenvalue weighted by atomic mass is 9.57. The van der Waals surface area contributed by atoms with Gasteiger partial charge in [-0.25, -0.2) is 9.80 Å². The van der Waals surface area contributed by atoms with E-state index in [0.29, 0.717) is 38.8 Å². The second-order valence-electron chi connectivity index (χ2n) is 13.1. The number of phenols is 1. The lowest BCUT2D eigenvalue weighted by Gasteiger charge is -2.44. The number of aromatic hydroxyl groups is 1. The molecule has 1 N–H and O–H groups in total. The topological polar surface area (TPSA) is 95.0 Å². The van der Waals surface area contributed by atoms with Crippen LogP contribution in [0.2, 0.25) is 10.0 Å². The molecule has 6 atom stereocenters. The van der Waals surface area contributed by atoms with Crippen molar-refractivity contribution in [3.05, 3.63) is 111 Å². The lowest BCUT2D eigenvalue weighted by Crippen LogP contribution is -2.43. The third-order valence-electron chi connectivity index (χ3n) is 10.7. The summed E-state index contributed by atoms with van der Waals surface area (Å²) in [5.41, 5.74) is 3.78. The van der Waals surface area contributed by atoms with E-state index < -0.39 is 35.5 Å². The minimum absolute atomic E-state index is 0.0392. The first-order chi connectivity index (χ1) is 22.6. The summed E-state index contributed by atoms with van der Waals surface area (Å²) in [4.78, 5) is 59.3. The molecule has 0 aromatic heterocycles. The summed E-state index contributed by atoms with van der Waals surface area (Å²) in [6, 6.07) is 21.4. The van der Waals surface area contributed by atoms with E-state index in [-0.39, 0.29) is 35.8 Å². The highest BCUT2D eigenvalue weighted by atomic mass is 35.5. The Bertz CT molecular complexity index is 2110. The smallest absolute Gasteiger partial charge is 0.238 e. The average molecular weight is 666 g/mol. The second-order valence-corrected chi connectivity index (χ2v) is 14.0. The van der Waals surface area contributed by atoms with Crippen molar-refractivity contribution >= 4 is 69.0 Å². The van der Waals surface area contributed by atoms with Crippen LogP contribution in [0, 0.1) is 43.4 Å². The maximum absolute atomic E-state index is 14.4. The Balaban J connectivity index is 1.27. The predicted octanol–water partition coefficient (Wildman–Crippen LogP) is 7.51. The largest absolute Gasteiger partial charge is 0.507 e. The third-order valence-corrected chi connectivity index (χ3v) is 11.6. The zero-order chi connectivity index (χ0) is 32.9. The molecule has 0 unspecified atom stereocenters. The lowest BCUT2D eigenvalue weighted by molar-refractivity contribution is -0.126. The minimum Gasteiger partial charge on any atom is -0.507 e. The van der Waals surface area contributed by atoms with Crippen molar-refractivity contribution in [3.8, 4) is 5.75 Å². The fourth-order valence-electron chi connectivity index (χ4n) is 8.41. The van der Waals surface area contributed by atoms with Gasteiger partial charge in [0, 0.05) is 26.9 Å². The number of halogens is 2. The summed E-state index contributed by atoms with van der Waals surface area (Å²) in [5.74, 6) is -5.44. The molecule has 4 aromatic carbocycles. The Morgan fingerprint density at radius 2 is 1.28 bits per heavy atom. The summed E-state index contributed by atoms with van der Waals surface area (Å²) in [6.07, 6.45) is 2.50. The molecule has 7 nitrogen and oxygen atoms in total. The molecule has 0 spiro atoms. The Hall–Kier alpha value is -4.46. The standard InChI is InChI=1S/C38H30Cl2N2O5/c1-18-7-10-21(15-29(18)39)41-35(44)26-14-13-24-27(32(26)37(41)46)17-28-33(31(24)25-12-9-20-5-3-4-6-23(20)34(25)43)38(47)42(36(28)45)22-11-8-19(2)30(40)16-22/h3-13,15-16,26-28,31-33,43H,14,17H2,1-2H3/t26-,27+,28+,31+,32-,33+/m0/s1. The van der Waals surface area contributed by atoms with E-state index in [1.165, 1.54) is 9.80 Å². The number of aryl methyl sites for hydroxylation is 2. The fourth-order valence-corrected chi connectivity index (χ4v) is 8.76. The van der Waals surface area contributed by atoms with Crippen LogP contribution in [0.25, 0.3) is 10.8 Å². The molecule has 47 heavy (non-hydrogen) atoms. The van der Waals surface area contributed by atoms with Gasteiger partial charge >= 0.3 is 0 Å². The first-order valence-corrected chi connectivity index (χ1v) is 16.5. The molecule has 9 heteroatoms. The molecule has 2 aliphatic carbocycles. The normalized spacial score (nSPS) is 26.9. The Kier molecular flexibility index (Phi) is 6.87. The van der Waals surface area contributed by atoms with Crippen LogP contribution in [-0.2, 0) is 19.2 Å². The van der Waals surface area contributed by atoms with E-state index in [4.69, 9.17) is 23.2 Å². The number of nitrogens with zero attached hydrogens (tertiary/aromatic N) is 2. The van der Waals surface area contributed by atoms with E-state index >= 15 is 0 Å². The highest BCUT2D eigenvalue weighted by Gasteiger charge is 2.62. The van der Waals surface area contributed by atoms with Crippen molar-refractivity contribution in [1.29, 1.82) is 0 Å². The van der Waals surface area contributed by atoms with Crippen LogP contribution in [0.15, 0.2) is 84.4 Å². The average Bonchev–Trinajstić information content (AvgIpc) is 3.47. The number of allylic oxidation sites excluding steroid dienone is 2. The zero-order valence-corrected chi connectivity index (χ0v) is 27.1. The quantitative estimate of drug-likeness (QED) is 0.181. The van der Waals surface area contributed by atoms with Gasteiger partial charge in [-0.3, -0.25) is 19.2 Å². The number of anilines is 2. The maximum Gasteiger partial charge on any atom is 0.238 e. The summed E-state index contributed by atoms with van der Waals surface area (Å²) in [5, 5.41) is 14.1. The molecule has 0 radical (unpaired) electrons. The molecule has 0 bridgehead atoms. The number of benzene rings is 4. The van der Waals surface area contributed by atoms with Gasteiger partial charge in [-0.05, 0) is 73.4 Å². The molecule has 2 heterocycles.